The number of amidine groups is 1. The highest BCUT2D eigenvalue weighted by Crippen LogP contribution is 2.21. The average Bonchev–Trinajstić information content (AvgIpc) is 3.23. The number of imidazole rings is 1. The third-order valence-corrected chi connectivity index (χ3v) is 5.59. The Morgan fingerprint density at radius 1 is 1.16 bits per heavy atom. The number of hydrogen-bond donors (Lipinski definition) is 3. The Morgan fingerprint density at radius 2 is 2.00 bits per heavy atom. The Morgan fingerprint density at radius 3 is 2.68 bits per heavy atom. The fraction of sp³-hybridized carbons (Fsp3) is 0.240. The van der Waals surface area contributed by atoms with Crippen LogP contribution in [-0.4, -0.2) is 55.4 Å². The molecule has 12 heteroatoms. The van der Waals surface area contributed by atoms with E-state index >= 15 is 0 Å². The van der Waals surface area contributed by atoms with Crippen molar-refractivity contribution in [1.82, 2.24) is 24.5 Å². The van der Waals surface area contributed by atoms with Gasteiger partial charge in [-0.15, -0.1) is 0 Å². The van der Waals surface area contributed by atoms with Crippen LogP contribution in [0.25, 0.3) is 11.0 Å². The number of amides is 1. The number of hydrogen-bond acceptors (Lipinski definition) is 9. The molecule has 0 aliphatic carbocycles. The van der Waals surface area contributed by atoms with Crippen molar-refractivity contribution in [2.24, 2.45) is 12.8 Å². The molecule has 4 N–H and O–H groups in total. The molecule has 0 saturated carbocycles. The molecule has 4 rings (SSSR count). The number of carbonyl (C=O) groups excluding carboxylic acids is 2. The number of nitrogens with zero attached hydrogens (tertiary/aromatic N) is 6. The molecule has 0 spiro atoms. The van der Waals surface area contributed by atoms with Crippen molar-refractivity contribution in [3.05, 3.63) is 72.1 Å². The van der Waals surface area contributed by atoms with E-state index < -0.39 is 0 Å². The first-order valence-corrected chi connectivity index (χ1v) is 11.6. The second-order valence-electron chi connectivity index (χ2n) is 8.04. The summed E-state index contributed by atoms with van der Waals surface area (Å²) in [4.78, 5) is 44.2. The van der Waals surface area contributed by atoms with Gasteiger partial charge in [-0.1, -0.05) is 6.07 Å². The van der Waals surface area contributed by atoms with Crippen LogP contribution in [0.5, 0.6) is 0 Å². The van der Waals surface area contributed by atoms with Crippen LogP contribution >= 0.6 is 0 Å². The van der Waals surface area contributed by atoms with Gasteiger partial charge >= 0.3 is 5.97 Å². The number of nitrogen functional groups attached to an aromatic ring is 1. The second kappa shape index (κ2) is 11.2. The third-order valence-electron chi connectivity index (χ3n) is 5.59. The van der Waals surface area contributed by atoms with E-state index in [0.717, 1.165) is 11.3 Å². The number of nitrogens with one attached hydrogen (secondary N) is 2. The summed E-state index contributed by atoms with van der Waals surface area (Å²) in [5, 5.41) is 10.6. The van der Waals surface area contributed by atoms with Gasteiger partial charge in [0, 0.05) is 25.4 Å². The minimum absolute atomic E-state index is 0.0497. The van der Waals surface area contributed by atoms with E-state index in [-0.39, 0.29) is 37.3 Å². The highest BCUT2D eigenvalue weighted by Gasteiger charge is 2.21. The first-order chi connectivity index (χ1) is 17.9. The fourth-order valence-corrected chi connectivity index (χ4v) is 3.69. The van der Waals surface area contributed by atoms with E-state index in [1.807, 2.05) is 17.7 Å². The van der Waals surface area contributed by atoms with Crippen LogP contribution in [0.15, 0.2) is 55.0 Å². The molecule has 3 aromatic heterocycles. The van der Waals surface area contributed by atoms with Crippen molar-refractivity contribution in [3.63, 3.8) is 0 Å². The number of fused-ring (bicyclic) bond motifs is 1. The number of benzene rings is 1. The number of nitrogens with two attached hydrogens (primary N) is 1. The average molecular weight is 502 g/mol. The number of rotatable bonds is 10. The lowest BCUT2D eigenvalue weighted by Crippen LogP contribution is -2.34. The van der Waals surface area contributed by atoms with E-state index in [4.69, 9.17) is 15.9 Å². The lowest BCUT2D eigenvalue weighted by atomic mass is 10.1. The maximum atomic E-state index is 13.5. The van der Waals surface area contributed by atoms with Crippen LogP contribution in [0.4, 0.5) is 11.6 Å². The Labute approximate surface area is 213 Å². The molecule has 0 bridgehead atoms. The number of aromatic nitrogens is 5. The van der Waals surface area contributed by atoms with Crippen LogP contribution in [0.2, 0.25) is 0 Å². The molecular weight excluding hydrogens is 474 g/mol. The summed E-state index contributed by atoms with van der Waals surface area (Å²) < 4.78 is 6.94. The van der Waals surface area contributed by atoms with E-state index in [9.17, 15) is 9.59 Å². The molecule has 3 heterocycles. The van der Waals surface area contributed by atoms with Gasteiger partial charge in [0.05, 0.1) is 43.0 Å². The lowest BCUT2D eigenvalue weighted by Gasteiger charge is -2.21. The summed E-state index contributed by atoms with van der Waals surface area (Å²) in [5.41, 5.74) is 7.63. The predicted molar refractivity (Wildman–Crippen MR) is 138 cm³/mol. The van der Waals surface area contributed by atoms with Gasteiger partial charge in [0.1, 0.15) is 29.0 Å². The minimum atomic E-state index is -0.380. The fourth-order valence-electron chi connectivity index (χ4n) is 3.69. The monoisotopic (exact) mass is 501 g/mol. The van der Waals surface area contributed by atoms with Gasteiger partial charge in [0.2, 0.25) is 0 Å². The number of ether oxygens (including phenoxy) is 1. The van der Waals surface area contributed by atoms with Crippen LogP contribution < -0.4 is 16.0 Å². The van der Waals surface area contributed by atoms with Gasteiger partial charge in [-0.3, -0.25) is 19.9 Å². The van der Waals surface area contributed by atoms with Crippen molar-refractivity contribution in [2.75, 3.05) is 23.4 Å². The van der Waals surface area contributed by atoms with Crippen LogP contribution in [0.1, 0.15) is 35.2 Å². The number of anilines is 2. The molecule has 12 nitrogen and oxygen atoms in total. The molecule has 0 fully saturated rings. The summed E-state index contributed by atoms with van der Waals surface area (Å²) in [6.45, 7) is 2.51. The zero-order valence-electron chi connectivity index (χ0n) is 20.5. The Kier molecular flexibility index (Phi) is 7.67. The molecule has 1 amide bonds. The summed E-state index contributed by atoms with van der Waals surface area (Å²) in [6.07, 6.45) is 4.57. The second-order valence-corrected chi connectivity index (χ2v) is 8.04. The molecule has 1 aromatic carbocycles. The molecule has 0 unspecified atom stereocenters. The molecule has 0 atom stereocenters. The maximum absolute atomic E-state index is 13.5. The van der Waals surface area contributed by atoms with Crippen LogP contribution in [-0.2, 0) is 23.1 Å². The molecule has 4 aromatic rings. The molecule has 0 saturated heterocycles. The minimum Gasteiger partial charge on any atom is -0.466 e. The topological polar surface area (TPSA) is 165 Å². The summed E-state index contributed by atoms with van der Waals surface area (Å²) in [5.74, 6) is 0.855. The highest BCUT2D eigenvalue weighted by atomic mass is 16.5. The Bertz CT molecular complexity index is 1420. The maximum Gasteiger partial charge on any atom is 0.307 e. The molecular formula is C25H27N9O3. The Hall–Kier alpha value is -4.87. The molecule has 0 aliphatic heterocycles. The van der Waals surface area contributed by atoms with Gasteiger partial charge in [0.15, 0.2) is 0 Å². The van der Waals surface area contributed by atoms with E-state index in [0.29, 0.717) is 35.0 Å². The van der Waals surface area contributed by atoms with Gasteiger partial charge in [-0.25, -0.2) is 19.9 Å². The van der Waals surface area contributed by atoms with Crippen molar-refractivity contribution < 1.29 is 14.3 Å². The molecule has 0 aliphatic rings. The highest BCUT2D eigenvalue weighted by molar-refractivity contribution is 6.07. The smallest absolute Gasteiger partial charge is 0.307 e. The van der Waals surface area contributed by atoms with Gasteiger partial charge in [-0.05, 0) is 37.3 Å². The Balaban J connectivity index is 1.54. The normalized spacial score (nSPS) is 10.8. The van der Waals surface area contributed by atoms with Crippen molar-refractivity contribution in [3.8, 4) is 0 Å². The van der Waals surface area contributed by atoms with Gasteiger partial charge in [-0.2, -0.15) is 0 Å². The SMILES string of the molecule is CCOC(=O)CCN(C(=O)c1ccc2c(c1)nc(CNc1cnc(C(=N)N)cn1)n2C)c1ccccn1. The molecule has 190 valence electrons. The van der Waals surface area contributed by atoms with E-state index in [2.05, 4.69) is 25.3 Å². The molecule has 0 radical (unpaired) electrons. The van der Waals surface area contributed by atoms with Crippen molar-refractivity contribution in [2.45, 2.75) is 19.9 Å². The first kappa shape index (κ1) is 25.2. The largest absolute Gasteiger partial charge is 0.466 e. The summed E-state index contributed by atoms with van der Waals surface area (Å²) >= 11 is 0. The van der Waals surface area contributed by atoms with Gasteiger partial charge < -0.3 is 20.4 Å². The van der Waals surface area contributed by atoms with E-state index in [1.54, 1.807) is 43.5 Å². The number of esters is 1. The summed E-state index contributed by atoms with van der Waals surface area (Å²) in [7, 11) is 1.89. The quantitative estimate of drug-likeness (QED) is 0.168. The summed E-state index contributed by atoms with van der Waals surface area (Å²) in [6, 6.07) is 10.6. The third kappa shape index (κ3) is 5.86. The van der Waals surface area contributed by atoms with Crippen LogP contribution in [0, 0.1) is 5.41 Å². The number of carbonyl (C=O) groups is 2. The number of aryl methyl sites for hydroxylation is 1. The first-order valence-electron chi connectivity index (χ1n) is 11.6. The lowest BCUT2D eigenvalue weighted by molar-refractivity contribution is -0.142. The van der Waals surface area contributed by atoms with Crippen LogP contribution in [0.3, 0.4) is 0 Å². The number of pyridine rings is 1. The standard InChI is InChI=1S/C25H27N9O3/c1-3-37-23(35)9-11-34(21-6-4-5-10-28-21)25(36)16-7-8-19-17(12-16)32-22(33(19)2)15-31-20-14-29-18(13-30-20)24(26)27/h4-8,10,12-14H,3,9,11,15H2,1-2H3,(H3,26,27)(H,30,31). The molecule has 37 heavy (non-hydrogen) atoms. The zero-order chi connectivity index (χ0) is 26.4. The van der Waals surface area contributed by atoms with E-state index in [1.165, 1.54) is 17.3 Å². The van der Waals surface area contributed by atoms with Crippen molar-refractivity contribution >= 4 is 40.4 Å². The van der Waals surface area contributed by atoms with Gasteiger partial charge in [0.25, 0.3) is 5.91 Å². The zero-order valence-corrected chi connectivity index (χ0v) is 20.5. The predicted octanol–water partition coefficient (Wildman–Crippen LogP) is 2.25. The van der Waals surface area contributed by atoms with Crippen molar-refractivity contribution in [1.29, 1.82) is 5.41 Å².